The van der Waals surface area contributed by atoms with Crippen molar-refractivity contribution in [3.8, 4) is 23.8 Å². The van der Waals surface area contributed by atoms with Crippen molar-refractivity contribution in [1.82, 2.24) is 4.57 Å². The van der Waals surface area contributed by atoms with E-state index in [0.29, 0.717) is 27.4 Å². The van der Waals surface area contributed by atoms with Crippen LogP contribution in [-0.4, -0.2) is 30.3 Å². The summed E-state index contributed by atoms with van der Waals surface area (Å²) >= 11 is 1.33. The largest absolute Gasteiger partial charge is 0.465 e. The van der Waals surface area contributed by atoms with E-state index in [0.717, 1.165) is 10.2 Å². The molecule has 140 valence electrons. The van der Waals surface area contributed by atoms with Crippen LogP contribution in [0.2, 0.25) is 0 Å². The second kappa shape index (κ2) is 7.21. The van der Waals surface area contributed by atoms with Gasteiger partial charge in [0.15, 0.2) is 16.3 Å². The highest BCUT2D eigenvalue weighted by Gasteiger charge is 2.18. The fraction of sp³-hybridized carbons (Fsp3) is 0.150. The van der Waals surface area contributed by atoms with Crippen molar-refractivity contribution in [2.45, 2.75) is 6.54 Å². The molecule has 0 spiro atoms. The molecule has 0 radical (unpaired) electrons. The van der Waals surface area contributed by atoms with Crippen molar-refractivity contribution in [2.75, 3.05) is 13.9 Å². The Balaban J connectivity index is 1.76. The number of aromatic nitrogens is 1. The third-order valence-electron chi connectivity index (χ3n) is 4.18. The van der Waals surface area contributed by atoms with Gasteiger partial charge in [-0.25, -0.2) is 4.79 Å². The molecule has 2 heterocycles. The van der Waals surface area contributed by atoms with Crippen LogP contribution in [0.25, 0.3) is 10.2 Å². The SMILES string of the molecule is C#CCn1c(=NC(=O)c2ccc(C(=O)OC)cc2)sc2cc3c(cc21)OCO3. The van der Waals surface area contributed by atoms with E-state index in [1.807, 2.05) is 12.1 Å². The molecule has 0 atom stereocenters. The zero-order valence-corrected chi connectivity index (χ0v) is 15.6. The number of carbonyl (C=O) groups excluding carboxylic acids is 2. The van der Waals surface area contributed by atoms with E-state index in [-0.39, 0.29) is 13.3 Å². The van der Waals surface area contributed by atoms with E-state index < -0.39 is 11.9 Å². The molecule has 0 aliphatic carbocycles. The van der Waals surface area contributed by atoms with Gasteiger partial charge in [0, 0.05) is 17.7 Å². The Morgan fingerprint density at radius 1 is 1.21 bits per heavy atom. The van der Waals surface area contributed by atoms with Gasteiger partial charge in [0.2, 0.25) is 6.79 Å². The molecule has 0 saturated heterocycles. The van der Waals surface area contributed by atoms with E-state index >= 15 is 0 Å². The van der Waals surface area contributed by atoms with Gasteiger partial charge in [-0.2, -0.15) is 4.99 Å². The van der Waals surface area contributed by atoms with E-state index in [1.54, 1.807) is 4.57 Å². The first-order valence-electron chi connectivity index (χ1n) is 8.24. The standard InChI is InChI=1S/C20H14N2O5S/c1-3-8-22-14-9-15-16(27-11-26-15)10-17(14)28-20(22)21-18(23)12-4-6-13(7-5-12)19(24)25-2/h1,4-7,9-10H,8,11H2,2H3. The number of amides is 1. The number of carbonyl (C=O) groups is 2. The Hall–Kier alpha value is -3.57. The van der Waals surface area contributed by atoms with E-state index in [9.17, 15) is 9.59 Å². The number of benzene rings is 2. The fourth-order valence-corrected chi connectivity index (χ4v) is 3.85. The maximum atomic E-state index is 12.6. The summed E-state index contributed by atoms with van der Waals surface area (Å²) in [4.78, 5) is 28.8. The molecule has 3 aromatic rings. The third kappa shape index (κ3) is 3.12. The molecule has 0 saturated carbocycles. The molecule has 1 aromatic heterocycles. The van der Waals surface area contributed by atoms with Crippen molar-refractivity contribution in [2.24, 2.45) is 4.99 Å². The number of hydrogen-bond donors (Lipinski definition) is 0. The molecule has 4 rings (SSSR count). The molecule has 1 amide bonds. The first kappa shape index (κ1) is 17.8. The Morgan fingerprint density at radius 3 is 2.57 bits per heavy atom. The highest BCUT2D eigenvalue weighted by atomic mass is 32.1. The number of thiazole rings is 1. The molecule has 28 heavy (non-hydrogen) atoms. The van der Waals surface area contributed by atoms with Crippen LogP contribution in [0, 0.1) is 12.3 Å². The summed E-state index contributed by atoms with van der Waals surface area (Å²) in [5.74, 6) is 2.96. The van der Waals surface area contributed by atoms with E-state index in [2.05, 4.69) is 15.6 Å². The van der Waals surface area contributed by atoms with Gasteiger partial charge in [0.25, 0.3) is 5.91 Å². The lowest BCUT2D eigenvalue weighted by Gasteiger charge is -2.02. The maximum absolute atomic E-state index is 12.6. The predicted octanol–water partition coefficient (Wildman–Crippen LogP) is 2.59. The number of esters is 1. The normalized spacial score (nSPS) is 12.8. The summed E-state index contributed by atoms with van der Waals surface area (Å²) in [6.07, 6.45) is 5.50. The highest BCUT2D eigenvalue weighted by molar-refractivity contribution is 7.16. The minimum Gasteiger partial charge on any atom is -0.465 e. The van der Waals surface area contributed by atoms with Crippen LogP contribution < -0.4 is 14.3 Å². The van der Waals surface area contributed by atoms with Crippen molar-refractivity contribution in [3.05, 3.63) is 52.3 Å². The van der Waals surface area contributed by atoms with E-state index in [1.165, 1.54) is 42.7 Å². The minimum absolute atomic E-state index is 0.180. The van der Waals surface area contributed by atoms with Crippen LogP contribution in [-0.2, 0) is 11.3 Å². The van der Waals surface area contributed by atoms with Crippen LogP contribution >= 0.6 is 11.3 Å². The lowest BCUT2D eigenvalue weighted by Crippen LogP contribution is -2.16. The molecule has 0 fully saturated rings. The van der Waals surface area contributed by atoms with Gasteiger partial charge in [0.05, 0.1) is 29.4 Å². The fourth-order valence-electron chi connectivity index (χ4n) is 2.81. The summed E-state index contributed by atoms with van der Waals surface area (Å²) in [6, 6.07) is 9.80. The second-order valence-electron chi connectivity index (χ2n) is 5.83. The maximum Gasteiger partial charge on any atom is 0.337 e. The number of fused-ring (bicyclic) bond motifs is 2. The Kier molecular flexibility index (Phi) is 4.59. The number of terminal acetylenes is 1. The molecule has 0 bridgehead atoms. The quantitative estimate of drug-likeness (QED) is 0.504. The molecule has 7 nitrogen and oxygen atoms in total. The number of hydrogen-bond acceptors (Lipinski definition) is 6. The Labute approximate surface area is 163 Å². The van der Waals surface area contributed by atoms with Crippen LogP contribution in [0.15, 0.2) is 41.4 Å². The van der Waals surface area contributed by atoms with Gasteiger partial charge in [0.1, 0.15) is 0 Å². The average molecular weight is 394 g/mol. The van der Waals surface area contributed by atoms with E-state index in [4.69, 9.17) is 15.9 Å². The van der Waals surface area contributed by atoms with Crippen molar-refractivity contribution in [3.63, 3.8) is 0 Å². The number of nitrogens with zero attached hydrogens (tertiary/aromatic N) is 2. The minimum atomic E-state index is -0.468. The van der Waals surface area contributed by atoms with Crippen molar-refractivity contribution < 1.29 is 23.8 Å². The zero-order valence-electron chi connectivity index (χ0n) is 14.8. The predicted molar refractivity (Wildman–Crippen MR) is 102 cm³/mol. The van der Waals surface area contributed by atoms with Crippen LogP contribution in [0.4, 0.5) is 0 Å². The van der Waals surface area contributed by atoms with Gasteiger partial charge in [-0.3, -0.25) is 4.79 Å². The van der Waals surface area contributed by atoms with Crippen molar-refractivity contribution >= 4 is 33.4 Å². The smallest absolute Gasteiger partial charge is 0.337 e. The molecule has 0 N–H and O–H groups in total. The number of methoxy groups -OCH3 is 1. The molecule has 1 aliphatic rings. The lowest BCUT2D eigenvalue weighted by molar-refractivity contribution is 0.0600. The average Bonchev–Trinajstić information content (AvgIpc) is 3.30. The molecular weight excluding hydrogens is 380 g/mol. The number of rotatable bonds is 3. The highest BCUT2D eigenvalue weighted by Crippen LogP contribution is 2.36. The van der Waals surface area contributed by atoms with Crippen LogP contribution in [0.5, 0.6) is 11.5 Å². The van der Waals surface area contributed by atoms with Crippen LogP contribution in [0.3, 0.4) is 0 Å². The first-order chi connectivity index (χ1) is 13.6. The van der Waals surface area contributed by atoms with Gasteiger partial charge < -0.3 is 18.8 Å². The van der Waals surface area contributed by atoms with Crippen LogP contribution in [0.1, 0.15) is 20.7 Å². The number of ether oxygens (including phenoxy) is 3. The summed E-state index contributed by atoms with van der Waals surface area (Å²) in [7, 11) is 1.30. The van der Waals surface area contributed by atoms with Gasteiger partial charge in [-0.15, -0.1) is 6.42 Å². The topological polar surface area (TPSA) is 79.1 Å². The zero-order chi connectivity index (χ0) is 19.7. The lowest BCUT2D eigenvalue weighted by atomic mass is 10.1. The summed E-state index contributed by atoms with van der Waals surface area (Å²) in [5.41, 5.74) is 1.53. The molecular formula is C20H14N2O5S. The Morgan fingerprint density at radius 2 is 1.89 bits per heavy atom. The van der Waals surface area contributed by atoms with Gasteiger partial charge in [-0.1, -0.05) is 17.3 Å². The van der Waals surface area contributed by atoms with Gasteiger partial charge >= 0.3 is 5.97 Å². The van der Waals surface area contributed by atoms with Gasteiger partial charge in [-0.05, 0) is 24.3 Å². The van der Waals surface area contributed by atoms with Crippen molar-refractivity contribution in [1.29, 1.82) is 0 Å². The molecule has 8 heteroatoms. The molecule has 1 aliphatic heterocycles. The summed E-state index contributed by atoms with van der Waals surface area (Å²) < 4.78 is 18.1. The molecule has 2 aromatic carbocycles. The monoisotopic (exact) mass is 394 g/mol. The third-order valence-corrected chi connectivity index (χ3v) is 5.22. The molecule has 0 unspecified atom stereocenters. The second-order valence-corrected chi connectivity index (χ2v) is 6.84. The first-order valence-corrected chi connectivity index (χ1v) is 9.06. The summed E-state index contributed by atoms with van der Waals surface area (Å²) in [6.45, 7) is 0.437. The summed E-state index contributed by atoms with van der Waals surface area (Å²) in [5, 5.41) is 0. The Bertz CT molecular complexity index is 1200.